The smallest absolute Gasteiger partial charge is 0.121 e. The minimum absolute atomic E-state index is 0.854. The monoisotopic (exact) mass is 256 g/mol. The summed E-state index contributed by atoms with van der Waals surface area (Å²) in [6, 6.07) is 8.33. The molecular weight excluding hydrogens is 236 g/mol. The van der Waals surface area contributed by atoms with E-state index in [0.717, 1.165) is 18.8 Å². The highest BCUT2D eigenvalue weighted by Crippen LogP contribution is 2.18. The molecule has 0 saturated carbocycles. The molecule has 1 heterocycles. The van der Waals surface area contributed by atoms with Crippen LogP contribution < -0.4 is 10.1 Å². The fourth-order valence-corrected chi connectivity index (χ4v) is 2.09. The van der Waals surface area contributed by atoms with E-state index in [1.807, 2.05) is 18.5 Å². The first-order valence-electron chi connectivity index (χ1n) is 6.44. The Kier molecular flexibility index (Phi) is 4.53. The molecule has 100 valence electrons. The Hall–Kier alpha value is -1.87. The van der Waals surface area contributed by atoms with Gasteiger partial charge in [-0.2, -0.15) is 0 Å². The van der Waals surface area contributed by atoms with Gasteiger partial charge in [-0.15, -0.1) is 0 Å². The molecule has 0 aliphatic rings. The van der Waals surface area contributed by atoms with E-state index >= 15 is 0 Å². The van der Waals surface area contributed by atoms with E-state index in [-0.39, 0.29) is 0 Å². The van der Waals surface area contributed by atoms with Gasteiger partial charge in [-0.3, -0.25) is 4.98 Å². The van der Waals surface area contributed by atoms with Crippen molar-refractivity contribution in [3.63, 3.8) is 0 Å². The molecule has 0 saturated heterocycles. The van der Waals surface area contributed by atoms with E-state index in [1.165, 1.54) is 22.3 Å². The lowest BCUT2D eigenvalue weighted by Gasteiger charge is -2.09. The summed E-state index contributed by atoms with van der Waals surface area (Å²) in [5.74, 6) is 0.939. The van der Waals surface area contributed by atoms with Crippen LogP contribution in [0.15, 0.2) is 36.7 Å². The SMILES string of the molecule is COc1ccc(CNCc2ccncc2C)cc1C. The standard InChI is InChI=1S/C16H20N2O/c1-12-8-14(4-5-16(12)19-3)10-18-11-15-6-7-17-9-13(15)2/h4-9,18H,10-11H2,1-3H3. The number of ether oxygens (including phenoxy) is 1. The molecule has 3 heteroatoms. The topological polar surface area (TPSA) is 34.1 Å². The predicted octanol–water partition coefficient (Wildman–Crippen LogP) is 3.00. The number of nitrogens with zero attached hydrogens (tertiary/aromatic N) is 1. The lowest BCUT2D eigenvalue weighted by molar-refractivity contribution is 0.411. The van der Waals surface area contributed by atoms with Crippen molar-refractivity contribution in [3.05, 3.63) is 58.9 Å². The molecule has 2 rings (SSSR count). The first-order valence-corrected chi connectivity index (χ1v) is 6.44. The second-order valence-electron chi connectivity index (χ2n) is 4.71. The zero-order valence-corrected chi connectivity index (χ0v) is 11.7. The molecule has 0 bridgehead atoms. The largest absolute Gasteiger partial charge is 0.496 e. The average Bonchev–Trinajstić information content (AvgIpc) is 2.41. The van der Waals surface area contributed by atoms with Gasteiger partial charge in [0.25, 0.3) is 0 Å². The molecule has 0 unspecified atom stereocenters. The maximum absolute atomic E-state index is 5.26. The van der Waals surface area contributed by atoms with Crippen molar-refractivity contribution in [2.24, 2.45) is 0 Å². The number of aryl methyl sites for hydroxylation is 2. The highest BCUT2D eigenvalue weighted by molar-refractivity contribution is 5.36. The molecule has 19 heavy (non-hydrogen) atoms. The van der Waals surface area contributed by atoms with Crippen LogP contribution >= 0.6 is 0 Å². The molecule has 3 nitrogen and oxygen atoms in total. The van der Waals surface area contributed by atoms with E-state index in [9.17, 15) is 0 Å². The number of nitrogens with one attached hydrogen (secondary N) is 1. The third kappa shape index (κ3) is 3.55. The Morgan fingerprint density at radius 2 is 1.95 bits per heavy atom. The third-order valence-electron chi connectivity index (χ3n) is 3.24. The molecule has 0 amide bonds. The van der Waals surface area contributed by atoms with Crippen molar-refractivity contribution in [2.75, 3.05) is 7.11 Å². The number of hydrogen-bond acceptors (Lipinski definition) is 3. The Bertz CT molecular complexity index is 552. The molecule has 1 aromatic carbocycles. The van der Waals surface area contributed by atoms with E-state index in [4.69, 9.17) is 4.74 Å². The van der Waals surface area contributed by atoms with Crippen molar-refractivity contribution < 1.29 is 4.74 Å². The predicted molar refractivity (Wildman–Crippen MR) is 77.2 cm³/mol. The second-order valence-corrected chi connectivity index (χ2v) is 4.71. The molecule has 0 radical (unpaired) electrons. The fourth-order valence-electron chi connectivity index (χ4n) is 2.09. The summed E-state index contributed by atoms with van der Waals surface area (Å²) in [5.41, 5.74) is 4.95. The minimum atomic E-state index is 0.854. The quantitative estimate of drug-likeness (QED) is 0.893. The maximum atomic E-state index is 5.26. The molecule has 0 spiro atoms. The molecule has 0 aliphatic heterocycles. The number of methoxy groups -OCH3 is 1. The van der Waals surface area contributed by atoms with Crippen LogP contribution in [0.5, 0.6) is 5.75 Å². The van der Waals surface area contributed by atoms with Gasteiger partial charge in [0.05, 0.1) is 7.11 Å². The van der Waals surface area contributed by atoms with E-state index in [1.54, 1.807) is 7.11 Å². The number of rotatable bonds is 5. The molecule has 0 atom stereocenters. The van der Waals surface area contributed by atoms with Crippen LogP contribution in [0, 0.1) is 13.8 Å². The van der Waals surface area contributed by atoms with Crippen molar-refractivity contribution in [1.82, 2.24) is 10.3 Å². The van der Waals surface area contributed by atoms with Crippen LogP contribution in [0.1, 0.15) is 22.3 Å². The van der Waals surface area contributed by atoms with Crippen LogP contribution in [0.25, 0.3) is 0 Å². The summed E-state index contributed by atoms with van der Waals surface area (Å²) in [6.07, 6.45) is 3.73. The van der Waals surface area contributed by atoms with Gasteiger partial charge in [0.2, 0.25) is 0 Å². The number of hydrogen-bond donors (Lipinski definition) is 1. The summed E-state index contributed by atoms with van der Waals surface area (Å²) in [6.45, 7) is 5.86. The second kappa shape index (κ2) is 6.34. The normalized spacial score (nSPS) is 10.5. The Morgan fingerprint density at radius 1 is 1.11 bits per heavy atom. The first-order chi connectivity index (χ1) is 9.20. The van der Waals surface area contributed by atoms with Crippen molar-refractivity contribution in [1.29, 1.82) is 0 Å². The molecule has 0 aliphatic carbocycles. The molecule has 0 fully saturated rings. The molecule has 1 N–H and O–H groups in total. The van der Waals surface area contributed by atoms with Gasteiger partial charge in [-0.1, -0.05) is 12.1 Å². The number of benzene rings is 1. The van der Waals surface area contributed by atoms with Crippen LogP contribution in [0.4, 0.5) is 0 Å². The number of pyridine rings is 1. The van der Waals surface area contributed by atoms with Crippen LogP contribution in [0.3, 0.4) is 0 Å². The van der Waals surface area contributed by atoms with Crippen molar-refractivity contribution in [2.45, 2.75) is 26.9 Å². The highest BCUT2D eigenvalue weighted by Gasteiger charge is 2.01. The van der Waals surface area contributed by atoms with Gasteiger partial charge in [0, 0.05) is 25.5 Å². The van der Waals surface area contributed by atoms with E-state index < -0.39 is 0 Å². The summed E-state index contributed by atoms with van der Waals surface area (Å²) in [5, 5.41) is 3.45. The van der Waals surface area contributed by atoms with E-state index in [2.05, 4.69) is 42.3 Å². The van der Waals surface area contributed by atoms with Gasteiger partial charge in [0.15, 0.2) is 0 Å². The minimum Gasteiger partial charge on any atom is -0.496 e. The highest BCUT2D eigenvalue weighted by atomic mass is 16.5. The summed E-state index contributed by atoms with van der Waals surface area (Å²) < 4.78 is 5.26. The number of aromatic nitrogens is 1. The zero-order chi connectivity index (χ0) is 13.7. The average molecular weight is 256 g/mol. The van der Waals surface area contributed by atoms with Gasteiger partial charge >= 0.3 is 0 Å². The molecular formula is C16H20N2O. The Balaban J connectivity index is 1.93. The zero-order valence-electron chi connectivity index (χ0n) is 11.7. The first kappa shape index (κ1) is 13.6. The summed E-state index contributed by atoms with van der Waals surface area (Å²) >= 11 is 0. The van der Waals surface area contributed by atoms with Crippen molar-refractivity contribution in [3.8, 4) is 5.75 Å². The maximum Gasteiger partial charge on any atom is 0.121 e. The lowest BCUT2D eigenvalue weighted by atomic mass is 10.1. The Morgan fingerprint density at radius 3 is 2.63 bits per heavy atom. The van der Waals surface area contributed by atoms with Crippen LogP contribution in [0.2, 0.25) is 0 Å². The fraction of sp³-hybridized carbons (Fsp3) is 0.312. The van der Waals surface area contributed by atoms with Gasteiger partial charge < -0.3 is 10.1 Å². The lowest BCUT2D eigenvalue weighted by Crippen LogP contribution is -2.13. The molecule has 1 aromatic heterocycles. The van der Waals surface area contributed by atoms with Crippen LogP contribution in [-0.4, -0.2) is 12.1 Å². The summed E-state index contributed by atoms with van der Waals surface area (Å²) in [7, 11) is 1.70. The molecule has 2 aromatic rings. The third-order valence-corrected chi connectivity index (χ3v) is 3.24. The van der Waals surface area contributed by atoms with Crippen molar-refractivity contribution >= 4 is 0 Å². The van der Waals surface area contributed by atoms with Gasteiger partial charge in [0.1, 0.15) is 5.75 Å². The van der Waals surface area contributed by atoms with Gasteiger partial charge in [-0.05, 0) is 48.2 Å². The summed E-state index contributed by atoms with van der Waals surface area (Å²) in [4.78, 5) is 4.10. The Labute approximate surface area is 114 Å². The van der Waals surface area contributed by atoms with Gasteiger partial charge in [-0.25, -0.2) is 0 Å². The van der Waals surface area contributed by atoms with Crippen LogP contribution in [-0.2, 0) is 13.1 Å². The van der Waals surface area contributed by atoms with E-state index in [0.29, 0.717) is 0 Å².